The van der Waals surface area contributed by atoms with Gasteiger partial charge in [-0.05, 0) is 37.6 Å². The molecular weight excluding hydrogens is 400 g/mol. The van der Waals surface area contributed by atoms with E-state index in [4.69, 9.17) is 9.47 Å². The average Bonchev–Trinajstić information content (AvgIpc) is 3.10. The van der Waals surface area contributed by atoms with Crippen molar-refractivity contribution in [2.45, 2.75) is 46.0 Å². The smallest absolute Gasteiger partial charge is 0.257 e. The Labute approximate surface area is 180 Å². The van der Waals surface area contributed by atoms with Crippen LogP contribution in [-0.2, 0) is 4.79 Å². The van der Waals surface area contributed by atoms with Crippen LogP contribution in [0, 0.1) is 6.92 Å². The highest BCUT2D eigenvalue weighted by molar-refractivity contribution is 7.18. The van der Waals surface area contributed by atoms with Crippen molar-refractivity contribution in [3.63, 3.8) is 0 Å². The molecule has 0 saturated carbocycles. The largest absolute Gasteiger partial charge is 0.504 e. The predicted molar refractivity (Wildman–Crippen MR) is 120 cm³/mol. The molecule has 2 aromatic carbocycles. The molecule has 6 nitrogen and oxygen atoms in total. The van der Waals surface area contributed by atoms with Crippen LogP contribution >= 0.6 is 11.3 Å². The van der Waals surface area contributed by atoms with E-state index in [9.17, 15) is 9.90 Å². The van der Waals surface area contributed by atoms with Gasteiger partial charge in [-0.25, -0.2) is 4.98 Å². The van der Waals surface area contributed by atoms with Crippen LogP contribution < -0.4 is 14.8 Å². The fourth-order valence-electron chi connectivity index (χ4n) is 3.04. The zero-order valence-electron chi connectivity index (χ0n) is 17.4. The molecule has 0 fully saturated rings. The minimum Gasteiger partial charge on any atom is -0.504 e. The fraction of sp³-hybridized carbons (Fsp3) is 0.391. The van der Waals surface area contributed by atoms with Crippen molar-refractivity contribution in [1.82, 2.24) is 10.3 Å². The molecule has 3 aromatic rings. The topological polar surface area (TPSA) is 80.7 Å². The van der Waals surface area contributed by atoms with Gasteiger partial charge in [0.1, 0.15) is 11.5 Å². The number of unbranched alkanes of at least 4 members (excludes halogenated alkanes) is 4. The van der Waals surface area contributed by atoms with E-state index in [0.717, 1.165) is 28.1 Å². The van der Waals surface area contributed by atoms with E-state index >= 15 is 0 Å². The first-order chi connectivity index (χ1) is 14.5. The van der Waals surface area contributed by atoms with Crippen molar-refractivity contribution in [2.75, 3.05) is 13.2 Å². The van der Waals surface area contributed by atoms with Crippen LogP contribution in [0.1, 0.15) is 44.0 Å². The van der Waals surface area contributed by atoms with Gasteiger partial charge in [0, 0.05) is 18.7 Å². The highest BCUT2D eigenvalue weighted by atomic mass is 32.1. The number of phenols is 1. The van der Waals surface area contributed by atoms with Crippen LogP contribution in [0.15, 0.2) is 36.4 Å². The number of nitrogens with zero attached hydrogens (tertiary/aromatic N) is 1. The van der Waals surface area contributed by atoms with Crippen molar-refractivity contribution in [2.24, 2.45) is 0 Å². The second kappa shape index (κ2) is 10.8. The number of benzene rings is 2. The van der Waals surface area contributed by atoms with Crippen LogP contribution in [0.25, 0.3) is 10.2 Å². The van der Waals surface area contributed by atoms with E-state index in [0.29, 0.717) is 18.0 Å². The maximum Gasteiger partial charge on any atom is 0.257 e. The molecule has 0 aliphatic heterocycles. The molecule has 1 aromatic heterocycles. The molecule has 7 heteroatoms. The second-order valence-corrected chi connectivity index (χ2v) is 8.38. The number of aromatic hydroxyl groups is 1. The normalized spacial score (nSPS) is 10.9. The van der Waals surface area contributed by atoms with E-state index in [2.05, 4.69) is 17.2 Å². The number of rotatable bonds is 11. The molecule has 3 rings (SSSR count). The van der Waals surface area contributed by atoms with Crippen LogP contribution in [0.5, 0.6) is 23.0 Å². The number of aryl methyl sites for hydroxylation is 1. The number of phenolic OH excluding ortho intramolecular Hbond substituents is 1. The summed E-state index contributed by atoms with van der Waals surface area (Å²) in [6.07, 6.45) is 5.70. The Kier molecular flexibility index (Phi) is 7.90. The summed E-state index contributed by atoms with van der Waals surface area (Å²) in [5.41, 5.74) is 0.941. The third-order valence-electron chi connectivity index (χ3n) is 4.60. The zero-order chi connectivity index (χ0) is 21.3. The lowest BCUT2D eigenvalue weighted by Crippen LogP contribution is -2.29. The molecular formula is C23H28N2O4S. The van der Waals surface area contributed by atoms with Crippen LogP contribution in [0.3, 0.4) is 0 Å². The van der Waals surface area contributed by atoms with E-state index in [-0.39, 0.29) is 24.0 Å². The first kappa shape index (κ1) is 21.9. The van der Waals surface area contributed by atoms with Gasteiger partial charge in [-0.1, -0.05) is 32.6 Å². The summed E-state index contributed by atoms with van der Waals surface area (Å²) in [6, 6.07) is 10.4. The van der Waals surface area contributed by atoms with E-state index < -0.39 is 0 Å². The van der Waals surface area contributed by atoms with Crippen LogP contribution in [-0.4, -0.2) is 29.1 Å². The molecule has 0 aliphatic carbocycles. The summed E-state index contributed by atoms with van der Waals surface area (Å²) in [7, 11) is 0. The van der Waals surface area contributed by atoms with Gasteiger partial charge in [-0.2, -0.15) is 0 Å². The van der Waals surface area contributed by atoms with Gasteiger partial charge in [0.05, 0.1) is 15.2 Å². The summed E-state index contributed by atoms with van der Waals surface area (Å²) in [5.74, 6) is 1.15. The van der Waals surface area contributed by atoms with Crippen LogP contribution in [0.2, 0.25) is 0 Å². The number of ether oxygens (including phenoxy) is 2. The lowest BCUT2D eigenvalue weighted by atomic mass is 10.1. The standard InChI is InChI=1S/C23H28N2O4S/c1-3-4-5-6-7-12-24-23(27)15-28-21-13-17(9-11-20(21)26)29-18-8-10-19-22(14-18)30-16(2)25-19/h8-11,13-14,26H,3-7,12,15H2,1-2H3,(H,24,27). The first-order valence-electron chi connectivity index (χ1n) is 10.3. The highest BCUT2D eigenvalue weighted by Gasteiger charge is 2.10. The number of fused-ring (bicyclic) bond motifs is 1. The van der Waals surface area contributed by atoms with Crippen molar-refractivity contribution in [1.29, 1.82) is 0 Å². The Morgan fingerprint density at radius 1 is 1.10 bits per heavy atom. The molecule has 0 unspecified atom stereocenters. The molecule has 0 bridgehead atoms. The average molecular weight is 429 g/mol. The molecule has 0 atom stereocenters. The van der Waals surface area contributed by atoms with Gasteiger partial charge in [-0.3, -0.25) is 4.79 Å². The second-order valence-electron chi connectivity index (χ2n) is 7.15. The molecule has 0 radical (unpaired) electrons. The van der Waals surface area contributed by atoms with Gasteiger partial charge in [-0.15, -0.1) is 11.3 Å². The number of thiazole rings is 1. The number of hydrogen-bond donors (Lipinski definition) is 2. The predicted octanol–water partition coefficient (Wildman–Crippen LogP) is 5.57. The first-order valence-corrected chi connectivity index (χ1v) is 11.1. The molecule has 1 heterocycles. The number of hydrogen-bond acceptors (Lipinski definition) is 6. The molecule has 0 saturated heterocycles. The summed E-state index contributed by atoms with van der Waals surface area (Å²) in [6.45, 7) is 4.63. The molecule has 0 spiro atoms. The van der Waals surface area contributed by atoms with E-state index in [1.54, 1.807) is 23.5 Å². The van der Waals surface area contributed by atoms with Crippen molar-refractivity contribution < 1.29 is 19.4 Å². The molecule has 30 heavy (non-hydrogen) atoms. The number of carbonyl (C=O) groups is 1. The van der Waals surface area contributed by atoms with E-state index in [1.807, 2.05) is 25.1 Å². The van der Waals surface area contributed by atoms with Gasteiger partial charge in [0.2, 0.25) is 0 Å². The van der Waals surface area contributed by atoms with Gasteiger partial charge in [0.25, 0.3) is 5.91 Å². The maximum atomic E-state index is 12.0. The Bertz CT molecular complexity index is 986. The number of nitrogens with one attached hydrogen (secondary N) is 1. The SMILES string of the molecule is CCCCCCCNC(=O)COc1cc(Oc2ccc3nc(C)sc3c2)ccc1O. The van der Waals surface area contributed by atoms with Crippen molar-refractivity contribution in [3.8, 4) is 23.0 Å². The Morgan fingerprint density at radius 3 is 2.70 bits per heavy atom. The quantitative estimate of drug-likeness (QED) is 0.390. The minimum atomic E-state index is -0.206. The third kappa shape index (κ3) is 6.35. The number of aromatic nitrogens is 1. The summed E-state index contributed by atoms with van der Waals surface area (Å²) >= 11 is 1.61. The fourth-order valence-corrected chi connectivity index (χ4v) is 3.90. The monoisotopic (exact) mass is 428 g/mol. The van der Waals surface area contributed by atoms with Gasteiger partial charge >= 0.3 is 0 Å². The van der Waals surface area contributed by atoms with Crippen molar-refractivity contribution in [3.05, 3.63) is 41.4 Å². The Balaban J connectivity index is 1.52. The Morgan fingerprint density at radius 2 is 1.87 bits per heavy atom. The lowest BCUT2D eigenvalue weighted by molar-refractivity contribution is -0.123. The lowest BCUT2D eigenvalue weighted by Gasteiger charge is -2.11. The molecule has 160 valence electrons. The van der Waals surface area contributed by atoms with Crippen molar-refractivity contribution >= 4 is 27.5 Å². The van der Waals surface area contributed by atoms with E-state index in [1.165, 1.54) is 25.3 Å². The summed E-state index contributed by atoms with van der Waals surface area (Å²) in [5, 5.41) is 13.9. The summed E-state index contributed by atoms with van der Waals surface area (Å²) in [4.78, 5) is 16.4. The third-order valence-corrected chi connectivity index (χ3v) is 5.53. The molecule has 1 amide bonds. The minimum absolute atomic E-state index is 0.0387. The van der Waals surface area contributed by atoms with Gasteiger partial charge in [0.15, 0.2) is 18.1 Å². The zero-order valence-corrected chi connectivity index (χ0v) is 18.3. The molecule has 2 N–H and O–H groups in total. The molecule has 0 aliphatic rings. The number of amides is 1. The maximum absolute atomic E-state index is 12.0. The Hall–Kier alpha value is -2.80. The number of carbonyl (C=O) groups excluding carboxylic acids is 1. The van der Waals surface area contributed by atoms with Gasteiger partial charge < -0.3 is 19.9 Å². The summed E-state index contributed by atoms with van der Waals surface area (Å²) < 4.78 is 12.4. The van der Waals surface area contributed by atoms with Crippen LogP contribution in [0.4, 0.5) is 0 Å². The highest BCUT2D eigenvalue weighted by Crippen LogP contribution is 2.34.